The number of carbonyl (C=O) groups excluding carboxylic acids is 1. The van der Waals surface area contributed by atoms with E-state index < -0.39 is 0 Å². The van der Waals surface area contributed by atoms with Gasteiger partial charge in [-0.25, -0.2) is 0 Å². The first-order valence-corrected chi connectivity index (χ1v) is 6.01. The molecule has 0 spiro atoms. The van der Waals surface area contributed by atoms with Crippen LogP contribution in [-0.2, 0) is 16.0 Å². The van der Waals surface area contributed by atoms with Gasteiger partial charge in [-0.15, -0.1) is 0 Å². The van der Waals surface area contributed by atoms with Crippen molar-refractivity contribution in [3.8, 4) is 11.1 Å². The van der Waals surface area contributed by atoms with Crippen molar-refractivity contribution in [3.05, 3.63) is 60.2 Å². The van der Waals surface area contributed by atoms with Crippen LogP contribution in [0, 0.1) is 0 Å². The number of benzene rings is 2. The number of ether oxygens (including phenoxy) is 1. The number of hydrogen-bond acceptors (Lipinski definition) is 2. The van der Waals surface area contributed by atoms with Crippen molar-refractivity contribution in [2.45, 2.75) is 12.8 Å². The molecule has 0 bridgehead atoms. The summed E-state index contributed by atoms with van der Waals surface area (Å²) in [6.07, 6.45) is 1.12. The first-order chi connectivity index (χ1) is 8.81. The fourth-order valence-corrected chi connectivity index (χ4v) is 1.98. The molecule has 0 unspecified atom stereocenters. The largest absolute Gasteiger partial charge is 0.469 e. The number of carbonyl (C=O) groups is 1. The van der Waals surface area contributed by atoms with E-state index in [4.69, 9.17) is 0 Å². The van der Waals surface area contributed by atoms with Crippen LogP contribution in [0.5, 0.6) is 0 Å². The maximum absolute atomic E-state index is 11.2. The molecule has 0 fully saturated rings. The van der Waals surface area contributed by atoms with Crippen LogP contribution in [0.25, 0.3) is 11.1 Å². The van der Waals surface area contributed by atoms with Crippen molar-refractivity contribution in [2.75, 3.05) is 7.11 Å². The van der Waals surface area contributed by atoms with Gasteiger partial charge in [0.15, 0.2) is 0 Å². The first kappa shape index (κ1) is 12.4. The Morgan fingerprint density at radius 3 is 2.39 bits per heavy atom. The van der Waals surface area contributed by atoms with Gasteiger partial charge in [0.1, 0.15) is 0 Å². The maximum atomic E-state index is 11.2. The standard InChI is InChI=1S/C16H16O2/c1-18-16(17)12-11-14-9-5-6-10-15(14)13-7-3-2-4-8-13/h2-10H,11-12H2,1H3. The Labute approximate surface area is 107 Å². The van der Waals surface area contributed by atoms with Crippen molar-refractivity contribution in [1.82, 2.24) is 0 Å². The van der Waals surface area contributed by atoms with Gasteiger partial charge in [-0.05, 0) is 23.1 Å². The summed E-state index contributed by atoms with van der Waals surface area (Å²) >= 11 is 0. The zero-order valence-corrected chi connectivity index (χ0v) is 10.4. The molecule has 2 aromatic rings. The van der Waals surface area contributed by atoms with E-state index in [0.29, 0.717) is 12.8 Å². The zero-order valence-electron chi connectivity index (χ0n) is 10.4. The van der Waals surface area contributed by atoms with Crippen LogP contribution in [0.2, 0.25) is 0 Å². The summed E-state index contributed by atoms with van der Waals surface area (Å²) < 4.78 is 4.68. The number of rotatable bonds is 4. The van der Waals surface area contributed by atoms with Crippen LogP contribution in [-0.4, -0.2) is 13.1 Å². The highest BCUT2D eigenvalue weighted by atomic mass is 16.5. The van der Waals surface area contributed by atoms with E-state index in [1.54, 1.807) is 0 Å². The van der Waals surface area contributed by atoms with Crippen molar-refractivity contribution in [1.29, 1.82) is 0 Å². The zero-order chi connectivity index (χ0) is 12.8. The Hall–Kier alpha value is -2.09. The van der Waals surface area contributed by atoms with E-state index in [0.717, 1.165) is 0 Å². The Morgan fingerprint density at radius 1 is 1.00 bits per heavy atom. The predicted octanol–water partition coefficient (Wildman–Crippen LogP) is 3.46. The van der Waals surface area contributed by atoms with Gasteiger partial charge in [-0.2, -0.15) is 0 Å². The molecular weight excluding hydrogens is 224 g/mol. The van der Waals surface area contributed by atoms with Gasteiger partial charge in [0, 0.05) is 6.42 Å². The molecule has 2 rings (SSSR count). The van der Waals surface area contributed by atoms with Crippen LogP contribution in [0.1, 0.15) is 12.0 Å². The summed E-state index contributed by atoms with van der Waals surface area (Å²) in [6.45, 7) is 0. The molecule has 0 saturated carbocycles. The van der Waals surface area contributed by atoms with E-state index in [9.17, 15) is 4.79 Å². The minimum absolute atomic E-state index is 0.169. The van der Waals surface area contributed by atoms with Gasteiger partial charge in [0.05, 0.1) is 7.11 Å². The Morgan fingerprint density at radius 2 is 1.67 bits per heavy atom. The van der Waals surface area contributed by atoms with E-state index in [-0.39, 0.29) is 5.97 Å². The Kier molecular flexibility index (Phi) is 4.13. The molecule has 0 aliphatic heterocycles. The summed E-state index contributed by atoms with van der Waals surface area (Å²) in [5.74, 6) is -0.169. The average Bonchev–Trinajstić information content (AvgIpc) is 2.46. The second kappa shape index (κ2) is 6.01. The summed E-state index contributed by atoms with van der Waals surface area (Å²) in [4.78, 5) is 11.2. The molecule has 0 aliphatic carbocycles. The Bertz CT molecular complexity index is 518. The highest BCUT2D eigenvalue weighted by Crippen LogP contribution is 2.24. The molecule has 92 valence electrons. The van der Waals surface area contributed by atoms with Crippen LogP contribution < -0.4 is 0 Å². The van der Waals surface area contributed by atoms with Crippen LogP contribution >= 0.6 is 0 Å². The Balaban J connectivity index is 2.24. The molecule has 2 nitrogen and oxygen atoms in total. The second-order valence-electron chi connectivity index (χ2n) is 4.10. The van der Waals surface area contributed by atoms with Crippen LogP contribution in [0.15, 0.2) is 54.6 Å². The number of methoxy groups -OCH3 is 1. The predicted molar refractivity (Wildman–Crippen MR) is 72.2 cm³/mol. The molecule has 0 radical (unpaired) electrons. The van der Waals surface area contributed by atoms with Gasteiger partial charge in [-0.3, -0.25) is 4.79 Å². The van der Waals surface area contributed by atoms with Gasteiger partial charge < -0.3 is 4.74 Å². The van der Waals surface area contributed by atoms with E-state index in [2.05, 4.69) is 29.0 Å². The summed E-state index contributed by atoms with van der Waals surface area (Å²) in [5.41, 5.74) is 3.54. The molecule has 0 amide bonds. The molecule has 0 aromatic heterocycles. The third-order valence-electron chi connectivity index (χ3n) is 2.93. The van der Waals surface area contributed by atoms with Crippen LogP contribution in [0.4, 0.5) is 0 Å². The summed E-state index contributed by atoms with van der Waals surface area (Å²) in [7, 11) is 1.42. The number of hydrogen-bond donors (Lipinski definition) is 0. The maximum Gasteiger partial charge on any atom is 0.305 e. The van der Waals surface area contributed by atoms with E-state index in [1.807, 2.05) is 30.3 Å². The van der Waals surface area contributed by atoms with Crippen molar-refractivity contribution < 1.29 is 9.53 Å². The third kappa shape index (κ3) is 2.98. The molecule has 0 atom stereocenters. The summed E-state index contributed by atoms with van der Waals surface area (Å²) in [5, 5.41) is 0. The lowest BCUT2D eigenvalue weighted by atomic mass is 9.97. The molecule has 0 heterocycles. The molecule has 0 saturated heterocycles. The minimum atomic E-state index is -0.169. The molecule has 0 N–H and O–H groups in total. The van der Waals surface area contributed by atoms with E-state index >= 15 is 0 Å². The smallest absolute Gasteiger partial charge is 0.305 e. The van der Waals surface area contributed by atoms with Gasteiger partial charge >= 0.3 is 5.97 Å². The van der Waals surface area contributed by atoms with Crippen molar-refractivity contribution in [2.24, 2.45) is 0 Å². The monoisotopic (exact) mass is 240 g/mol. The fraction of sp³-hybridized carbons (Fsp3) is 0.188. The third-order valence-corrected chi connectivity index (χ3v) is 2.93. The van der Waals surface area contributed by atoms with Crippen molar-refractivity contribution >= 4 is 5.97 Å². The second-order valence-corrected chi connectivity index (χ2v) is 4.10. The lowest BCUT2D eigenvalue weighted by molar-refractivity contribution is -0.140. The molecule has 2 aromatic carbocycles. The van der Waals surface area contributed by atoms with Gasteiger partial charge in [-0.1, -0.05) is 54.6 Å². The van der Waals surface area contributed by atoms with E-state index in [1.165, 1.54) is 23.8 Å². The fourth-order valence-electron chi connectivity index (χ4n) is 1.98. The highest BCUT2D eigenvalue weighted by Gasteiger charge is 2.06. The topological polar surface area (TPSA) is 26.3 Å². The molecule has 18 heavy (non-hydrogen) atoms. The molecular formula is C16H16O2. The van der Waals surface area contributed by atoms with Crippen molar-refractivity contribution in [3.63, 3.8) is 0 Å². The normalized spacial score (nSPS) is 10.1. The lowest BCUT2D eigenvalue weighted by Crippen LogP contribution is -2.02. The number of esters is 1. The van der Waals surface area contributed by atoms with Crippen LogP contribution in [0.3, 0.4) is 0 Å². The summed E-state index contributed by atoms with van der Waals surface area (Å²) in [6, 6.07) is 18.4. The highest BCUT2D eigenvalue weighted by molar-refractivity contribution is 5.71. The number of aryl methyl sites for hydroxylation is 1. The quantitative estimate of drug-likeness (QED) is 0.765. The lowest BCUT2D eigenvalue weighted by Gasteiger charge is -2.09. The average molecular weight is 240 g/mol. The SMILES string of the molecule is COC(=O)CCc1ccccc1-c1ccccc1. The first-order valence-electron chi connectivity index (χ1n) is 6.01. The molecule has 0 aliphatic rings. The van der Waals surface area contributed by atoms with Gasteiger partial charge in [0.25, 0.3) is 0 Å². The van der Waals surface area contributed by atoms with Gasteiger partial charge in [0.2, 0.25) is 0 Å². The minimum Gasteiger partial charge on any atom is -0.469 e. The molecule has 2 heteroatoms.